The molecule has 1 heterocycles. The Morgan fingerprint density at radius 1 is 1.16 bits per heavy atom. The van der Waals surface area contributed by atoms with Crippen LogP contribution < -0.4 is 20.5 Å². The van der Waals surface area contributed by atoms with Crippen molar-refractivity contribution in [2.24, 2.45) is 7.05 Å². The smallest absolute Gasteiger partial charge is 0.326 e. The molecule has 0 aliphatic carbocycles. The highest BCUT2D eigenvalue weighted by Crippen LogP contribution is 2.25. The second-order valence-electron chi connectivity index (χ2n) is 7.15. The van der Waals surface area contributed by atoms with Crippen molar-refractivity contribution in [3.63, 3.8) is 0 Å². The predicted molar refractivity (Wildman–Crippen MR) is 120 cm³/mol. The number of ether oxygens (including phenoxy) is 1. The highest BCUT2D eigenvalue weighted by atomic mass is 16.5. The summed E-state index contributed by atoms with van der Waals surface area (Å²) in [4.78, 5) is 38.1. The molecule has 9 nitrogen and oxygen atoms in total. The Labute approximate surface area is 184 Å². The SMILES string of the molecule is COc1cnn(C)c(=O)c1-c1ccc(C[C@H](NC(=O)N(C)c2ccccc2)C(=O)O)cc1. The molecule has 3 aromatic rings. The molecular weight excluding hydrogens is 412 g/mol. The van der Waals surface area contributed by atoms with E-state index in [-0.39, 0.29) is 12.0 Å². The second-order valence-corrected chi connectivity index (χ2v) is 7.15. The van der Waals surface area contributed by atoms with Gasteiger partial charge in [-0.3, -0.25) is 9.69 Å². The van der Waals surface area contributed by atoms with Crippen LogP contribution in [-0.2, 0) is 18.3 Å². The number of aliphatic carboxylic acids is 1. The van der Waals surface area contributed by atoms with E-state index >= 15 is 0 Å². The fourth-order valence-electron chi connectivity index (χ4n) is 3.20. The summed E-state index contributed by atoms with van der Waals surface area (Å²) in [6.07, 6.45) is 1.54. The van der Waals surface area contributed by atoms with Crippen LogP contribution >= 0.6 is 0 Å². The third-order valence-electron chi connectivity index (χ3n) is 5.05. The number of carbonyl (C=O) groups is 2. The topological polar surface area (TPSA) is 114 Å². The molecule has 32 heavy (non-hydrogen) atoms. The van der Waals surface area contributed by atoms with Gasteiger partial charge in [-0.05, 0) is 23.3 Å². The molecule has 3 rings (SSSR count). The molecule has 2 aromatic carbocycles. The molecule has 0 saturated carbocycles. The zero-order valence-electron chi connectivity index (χ0n) is 18.0. The Bertz CT molecular complexity index is 1160. The van der Waals surface area contributed by atoms with Crippen LogP contribution in [-0.4, -0.2) is 47.1 Å². The second kappa shape index (κ2) is 9.78. The zero-order valence-corrected chi connectivity index (χ0v) is 18.0. The van der Waals surface area contributed by atoms with E-state index in [0.29, 0.717) is 28.1 Å². The van der Waals surface area contributed by atoms with Gasteiger partial charge in [-0.1, -0.05) is 42.5 Å². The number of aryl methyl sites for hydroxylation is 1. The number of nitrogens with zero attached hydrogens (tertiary/aromatic N) is 3. The maximum absolute atomic E-state index is 12.5. The number of nitrogens with one attached hydrogen (secondary N) is 1. The van der Waals surface area contributed by atoms with Crippen LogP contribution in [0.2, 0.25) is 0 Å². The van der Waals surface area contributed by atoms with Crippen LogP contribution in [0.3, 0.4) is 0 Å². The van der Waals surface area contributed by atoms with E-state index in [2.05, 4.69) is 10.4 Å². The molecule has 0 fully saturated rings. The molecule has 0 aliphatic rings. The van der Waals surface area contributed by atoms with Gasteiger partial charge in [0.05, 0.1) is 18.9 Å². The minimum absolute atomic E-state index is 0.0788. The van der Waals surface area contributed by atoms with Gasteiger partial charge in [-0.2, -0.15) is 5.10 Å². The van der Waals surface area contributed by atoms with Crippen molar-refractivity contribution < 1.29 is 19.4 Å². The number of urea groups is 1. The molecule has 9 heteroatoms. The fourth-order valence-corrected chi connectivity index (χ4v) is 3.20. The van der Waals surface area contributed by atoms with Crippen molar-refractivity contribution in [2.45, 2.75) is 12.5 Å². The van der Waals surface area contributed by atoms with E-state index in [9.17, 15) is 19.5 Å². The van der Waals surface area contributed by atoms with E-state index in [1.54, 1.807) is 62.6 Å². The Hall–Kier alpha value is -4.14. The first-order valence-electron chi connectivity index (χ1n) is 9.83. The van der Waals surface area contributed by atoms with Crippen molar-refractivity contribution >= 4 is 17.7 Å². The molecule has 2 N–H and O–H groups in total. The lowest BCUT2D eigenvalue weighted by Gasteiger charge is -2.21. The number of carboxylic acid groups (broad SMARTS) is 1. The van der Waals surface area contributed by atoms with Gasteiger partial charge in [-0.25, -0.2) is 14.3 Å². The maximum Gasteiger partial charge on any atom is 0.326 e. The van der Waals surface area contributed by atoms with Gasteiger partial charge in [0.25, 0.3) is 5.56 Å². The van der Waals surface area contributed by atoms with Gasteiger partial charge in [0.1, 0.15) is 6.04 Å². The molecule has 2 amide bonds. The number of carboxylic acids is 1. The number of hydrogen-bond donors (Lipinski definition) is 2. The van der Waals surface area contributed by atoms with E-state index in [1.807, 2.05) is 6.07 Å². The quantitative estimate of drug-likeness (QED) is 0.588. The molecule has 166 valence electrons. The number of methoxy groups -OCH3 is 1. The first kappa shape index (κ1) is 22.5. The van der Waals surface area contributed by atoms with Crippen LogP contribution in [0.4, 0.5) is 10.5 Å². The van der Waals surface area contributed by atoms with Crippen LogP contribution in [0.25, 0.3) is 11.1 Å². The van der Waals surface area contributed by atoms with Crippen molar-refractivity contribution in [3.8, 4) is 16.9 Å². The Balaban J connectivity index is 1.77. The molecule has 1 aromatic heterocycles. The first-order valence-corrected chi connectivity index (χ1v) is 9.83. The summed E-state index contributed by atoms with van der Waals surface area (Å²) in [7, 11) is 4.58. The van der Waals surface area contributed by atoms with Gasteiger partial charge in [0.2, 0.25) is 0 Å². The third kappa shape index (κ3) is 4.94. The van der Waals surface area contributed by atoms with Gasteiger partial charge >= 0.3 is 12.0 Å². The van der Waals surface area contributed by atoms with Crippen molar-refractivity contribution in [1.82, 2.24) is 15.1 Å². The minimum atomic E-state index is -1.14. The Morgan fingerprint density at radius 3 is 2.41 bits per heavy atom. The number of amides is 2. The maximum atomic E-state index is 12.5. The number of aromatic nitrogens is 2. The largest absolute Gasteiger partial charge is 0.494 e. The van der Waals surface area contributed by atoms with Crippen LogP contribution in [0.1, 0.15) is 5.56 Å². The average Bonchev–Trinajstić information content (AvgIpc) is 2.80. The monoisotopic (exact) mass is 436 g/mol. The van der Waals surface area contributed by atoms with Gasteiger partial charge < -0.3 is 15.2 Å². The average molecular weight is 436 g/mol. The van der Waals surface area contributed by atoms with E-state index in [1.165, 1.54) is 22.9 Å². The first-order chi connectivity index (χ1) is 15.3. The van der Waals surface area contributed by atoms with Crippen LogP contribution in [0.5, 0.6) is 5.75 Å². The van der Waals surface area contributed by atoms with Gasteiger partial charge in [0.15, 0.2) is 5.75 Å². The summed E-state index contributed by atoms with van der Waals surface area (Å²) in [5, 5.41) is 16.1. The van der Waals surface area contributed by atoms with Gasteiger partial charge in [-0.15, -0.1) is 0 Å². The van der Waals surface area contributed by atoms with Crippen molar-refractivity contribution in [2.75, 3.05) is 19.1 Å². The molecule has 1 atom stereocenters. The summed E-state index contributed by atoms with van der Waals surface area (Å²) in [5.41, 5.74) is 2.01. The number of benzene rings is 2. The predicted octanol–water partition coefficient (Wildman–Crippen LogP) is 2.30. The van der Waals surface area contributed by atoms with Gasteiger partial charge in [0, 0.05) is 26.2 Å². The highest BCUT2D eigenvalue weighted by molar-refractivity contribution is 5.94. The van der Waals surface area contributed by atoms with Crippen LogP contribution in [0.15, 0.2) is 65.6 Å². The number of carbonyl (C=O) groups excluding carboxylic acids is 1. The summed E-state index contributed by atoms with van der Waals surface area (Å²) in [5.74, 6) is -0.797. The van der Waals surface area contributed by atoms with E-state index < -0.39 is 18.0 Å². The Morgan fingerprint density at radius 2 is 1.81 bits per heavy atom. The Kier molecular flexibility index (Phi) is 6.89. The normalized spacial score (nSPS) is 11.5. The molecule has 0 aliphatic heterocycles. The highest BCUT2D eigenvalue weighted by Gasteiger charge is 2.23. The molecule has 0 spiro atoms. The molecular formula is C23H24N4O5. The van der Waals surface area contributed by atoms with Crippen LogP contribution in [0, 0.1) is 0 Å². The number of rotatable bonds is 7. The number of anilines is 1. The number of para-hydroxylation sites is 1. The summed E-state index contributed by atoms with van der Waals surface area (Å²) < 4.78 is 6.47. The molecule has 0 radical (unpaired) electrons. The fraction of sp³-hybridized carbons (Fsp3) is 0.217. The molecule has 0 bridgehead atoms. The lowest BCUT2D eigenvalue weighted by Crippen LogP contribution is -2.47. The summed E-state index contributed by atoms with van der Waals surface area (Å²) in [6, 6.07) is 14.1. The molecule has 0 unspecified atom stereocenters. The lowest BCUT2D eigenvalue weighted by atomic mass is 10.0. The van der Waals surface area contributed by atoms with Crippen molar-refractivity contribution in [3.05, 3.63) is 76.7 Å². The van der Waals surface area contributed by atoms with Crippen molar-refractivity contribution in [1.29, 1.82) is 0 Å². The zero-order chi connectivity index (χ0) is 23.3. The number of hydrogen-bond acceptors (Lipinski definition) is 5. The molecule has 0 saturated heterocycles. The lowest BCUT2D eigenvalue weighted by molar-refractivity contribution is -0.139. The third-order valence-corrected chi connectivity index (χ3v) is 5.05. The summed E-state index contributed by atoms with van der Waals surface area (Å²) in [6.45, 7) is 0. The standard InChI is InChI=1S/C23H24N4O5/c1-26(17-7-5-4-6-8-17)23(31)25-18(22(29)30)13-15-9-11-16(12-10-15)20-19(32-3)14-24-27(2)21(20)28/h4-12,14,18H,13H2,1-3H3,(H,25,31)(H,29,30)/t18-/m0/s1. The van der Waals surface area contributed by atoms with E-state index in [4.69, 9.17) is 4.74 Å². The van der Waals surface area contributed by atoms with E-state index in [0.717, 1.165) is 0 Å². The summed E-state index contributed by atoms with van der Waals surface area (Å²) >= 11 is 0. The minimum Gasteiger partial charge on any atom is -0.494 e.